The first-order chi connectivity index (χ1) is 7.81. The van der Waals surface area contributed by atoms with E-state index in [4.69, 9.17) is 0 Å². The molecule has 1 nitrogen and oxygen atoms in total. The number of hydrogen-bond donors (Lipinski definition) is 1. The van der Waals surface area contributed by atoms with Gasteiger partial charge >= 0.3 is 0 Å². The molecule has 0 radical (unpaired) electrons. The number of thioether (sulfide) groups is 1. The summed E-state index contributed by atoms with van der Waals surface area (Å²) in [6, 6.07) is 2.85. The molecule has 1 aromatic heterocycles. The third kappa shape index (κ3) is 3.25. The summed E-state index contributed by atoms with van der Waals surface area (Å²) in [5, 5.41) is 6.70. The van der Waals surface area contributed by atoms with E-state index in [2.05, 4.69) is 51.4 Å². The fraction of sp³-hybridized carbons (Fsp3) is 0.667. The van der Waals surface area contributed by atoms with Gasteiger partial charge in [-0.2, -0.15) is 11.8 Å². The third-order valence-corrected chi connectivity index (χ3v) is 6.30. The van der Waals surface area contributed by atoms with Gasteiger partial charge in [-0.1, -0.05) is 13.3 Å². The Kier molecular flexibility index (Phi) is 5.20. The molecule has 16 heavy (non-hydrogen) atoms. The van der Waals surface area contributed by atoms with Gasteiger partial charge in [0, 0.05) is 27.2 Å². The zero-order valence-corrected chi connectivity index (χ0v) is 12.8. The molecule has 1 aromatic rings. The van der Waals surface area contributed by atoms with Crippen molar-refractivity contribution in [1.82, 2.24) is 5.32 Å². The van der Waals surface area contributed by atoms with Gasteiger partial charge in [0.15, 0.2) is 0 Å². The number of thiophene rings is 1. The van der Waals surface area contributed by atoms with Crippen molar-refractivity contribution >= 4 is 39.0 Å². The van der Waals surface area contributed by atoms with Gasteiger partial charge in [-0.3, -0.25) is 0 Å². The molecule has 1 saturated carbocycles. The number of hydrogen-bond acceptors (Lipinski definition) is 3. The smallest absolute Gasteiger partial charge is 0.0327 e. The number of rotatable bonds is 5. The molecular formula is C12H18BrNS2. The normalized spacial score (nSPS) is 25.1. The van der Waals surface area contributed by atoms with Gasteiger partial charge in [0.05, 0.1) is 0 Å². The first-order valence-electron chi connectivity index (χ1n) is 5.88. The zero-order chi connectivity index (χ0) is 11.4. The lowest BCUT2D eigenvalue weighted by Crippen LogP contribution is -2.33. The van der Waals surface area contributed by atoms with Gasteiger partial charge in [0.2, 0.25) is 0 Å². The molecule has 1 N–H and O–H groups in total. The summed E-state index contributed by atoms with van der Waals surface area (Å²) < 4.78 is 1.25. The van der Waals surface area contributed by atoms with E-state index >= 15 is 0 Å². The predicted octanol–water partition coefficient (Wildman–Crippen LogP) is 4.27. The second-order valence-corrected chi connectivity index (χ2v) is 7.47. The molecule has 4 heteroatoms. The van der Waals surface area contributed by atoms with Crippen LogP contribution in [0.1, 0.15) is 31.1 Å². The van der Waals surface area contributed by atoms with Gasteiger partial charge in [0.25, 0.3) is 0 Å². The third-order valence-electron chi connectivity index (χ3n) is 3.05. The molecule has 2 unspecified atom stereocenters. The van der Waals surface area contributed by atoms with Crippen molar-refractivity contribution in [3.05, 3.63) is 20.8 Å². The topological polar surface area (TPSA) is 12.0 Å². The van der Waals surface area contributed by atoms with Crippen molar-refractivity contribution in [3.8, 4) is 0 Å². The molecule has 0 aromatic carbocycles. The average molecular weight is 320 g/mol. The van der Waals surface area contributed by atoms with Gasteiger partial charge in [-0.15, -0.1) is 11.3 Å². The minimum Gasteiger partial charge on any atom is -0.308 e. The Balaban J connectivity index is 1.83. The van der Waals surface area contributed by atoms with Crippen LogP contribution in [0.2, 0.25) is 0 Å². The SMILES string of the molecule is CCSC1CCCC1NCc1sccc1Br. The Morgan fingerprint density at radius 3 is 3.12 bits per heavy atom. The monoisotopic (exact) mass is 319 g/mol. The van der Waals surface area contributed by atoms with E-state index in [1.807, 2.05) is 11.3 Å². The Bertz CT molecular complexity index is 327. The molecule has 2 rings (SSSR count). The predicted molar refractivity (Wildman–Crippen MR) is 78.4 cm³/mol. The van der Waals surface area contributed by atoms with E-state index in [1.54, 1.807) is 0 Å². The van der Waals surface area contributed by atoms with E-state index in [0.717, 1.165) is 17.8 Å². The molecular weight excluding hydrogens is 302 g/mol. The number of nitrogens with one attached hydrogen (secondary N) is 1. The van der Waals surface area contributed by atoms with Crippen LogP contribution in [0.4, 0.5) is 0 Å². The first-order valence-corrected chi connectivity index (χ1v) is 8.60. The van der Waals surface area contributed by atoms with Crippen molar-refractivity contribution in [2.45, 2.75) is 44.0 Å². The second kappa shape index (κ2) is 6.43. The lowest BCUT2D eigenvalue weighted by Gasteiger charge is -2.19. The summed E-state index contributed by atoms with van der Waals surface area (Å²) in [5.74, 6) is 1.24. The van der Waals surface area contributed by atoms with Gasteiger partial charge < -0.3 is 5.32 Å². The lowest BCUT2D eigenvalue weighted by molar-refractivity contribution is 0.534. The van der Waals surface area contributed by atoms with E-state index in [-0.39, 0.29) is 0 Å². The average Bonchev–Trinajstić information content (AvgIpc) is 2.86. The van der Waals surface area contributed by atoms with E-state index in [1.165, 1.54) is 34.4 Å². The molecule has 2 atom stereocenters. The number of halogens is 1. The van der Waals surface area contributed by atoms with Crippen molar-refractivity contribution in [3.63, 3.8) is 0 Å². The molecule has 0 bridgehead atoms. The summed E-state index contributed by atoms with van der Waals surface area (Å²) in [5.41, 5.74) is 0. The quantitative estimate of drug-likeness (QED) is 0.869. The fourth-order valence-electron chi connectivity index (χ4n) is 2.25. The highest BCUT2D eigenvalue weighted by molar-refractivity contribution is 9.10. The van der Waals surface area contributed by atoms with Crippen molar-refractivity contribution in [1.29, 1.82) is 0 Å². The Morgan fingerprint density at radius 2 is 2.44 bits per heavy atom. The standard InChI is InChI=1S/C12H18BrNS2/c1-2-15-11-5-3-4-10(11)14-8-12-9(13)6-7-16-12/h6-7,10-11,14H,2-5,8H2,1H3. The van der Waals surface area contributed by atoms with Crippen LogP contribution >= 0.6 is 39.0 Å². The summed E-state index contributed by atoms with van der Waals surface area (Å²) >= 11 is 7.54. The molecule has 1 heterocycles. The van der Waals surface area contributed by atoms with E-state index in [0.29, 0.717) is 0 Å². The Morgan fingerprint density at radius 1 is 1.56 bits per heavy atom. The summed E-state index contributed by atoms with van der Waals surface area (Å²) in [6.45, 7) is 3.28. The van der Waals surface area contributed by atoms with Crippen LogP contribution in [0.15, 0.2) is 15.9 Å². The Labute approximate surface area is 115 Å². The van der Waals surface area contributed by atoms with Crippen LogP contribution in [0.5, 0.6) is 0 Å². The molecule has 0 spiro atoms. The highest BCUT2D eigenvalue weighted by Crippen LogP contribution is 2.30. The Hall–Kier alpha value is 0.490. The van der Waals surface area contributed by atoms with Crippen LogP contribution in [-0.4, -0.2) is 17.0 Å². The minimum atomic E-state index is 0.721. The van der Waals surface area contributed by atoms with E-state index in [9.17, 15) is 0 Å². The highest BCUT2D eigenvalue weighted by Gasteiger charge is 2.26. The highest BCUT2D eigenvalue weighted by atomic mass is 79.9. The van der Waals surface area contributed by atoms with Gasteiger partial charge in [-0.25, -0.2) is 0 Å². The van der Waals surface area contributed by atoms with Gasteiger partial charge in [-0.05, 0) is 46.0 Å². The van der Waals surface area contributed by atoms with Crippen LogP contribution < -0.4 is 5.32 Å². The summed E-state index contributed by atoms with van der Waals surface area (Å²) in [7, 11) is 0. The van der Waals surface area contributed by atoms with Crippen LogP contribution in [0, 0.1) is 0 Å². The van der Waals surface area contributed by atoms with Crippen LogP contribution in [0.3, 0.4) is 0 Å². The van der Waals surface area contributed by atoms with Crippen LogP contribution in [0.25, 0.3) is 0 Å². The maximum atomic E-state index is 3.72. The second-order valence-electron chi connectivity index (χ2n) is 4.10. The first kappa shape index (κ1) is 12.9. The zero-order valence-electron chi connectivity index (χ0n) is 9.54. The maximum Gasteiger partial charge on any atom is 0.0327 e. The van der Waals surface area contributed by atoms with Crippen LogP contribution in [-0.2, 0) is 6.54 Å². The molecule has 90 valence electrons. The molecule has 0 amide bonds. The molecule has 1 fully saturated rings. The fourth-order valence-corrected chi connectivity index (χ4v) is 4.92. The largest absolute Gasteiger partial charge is 0.308 e. The minimum absolute atomic E-state index is 0.721. The molecule has 1 aliphatic rings. The lowest BCUT2D eigenvalue weighted by atomic mass is 10.2. The van der Waals surface area contributed by atoms with Crippen molar-refractivity contribution < 1.29 is 0 Å². The molecule has 0 aliphatic heterocycles. The van der Waals surface area contributed by atoms with Crippen molar-refractivity contribution in [2.75, 3.05) is 5.75 Å². The maximum absolute atomic E-state index is 3.72. The van der Waals surface area contributed by atoms with Crippen molar-refractivity contribution in [2.24, 2.45) is 0 Å². The summed E-state index contributed by atoms with van der Waals surface area (Å²) in [6.07, 6.45) is 4.13. The van der Waals surface area contributed by atoms with E-state index < -0.39 is 0 Å². The van der Waals surface area contributed by atoms with Gasteiger partial charge in [0.1, 0.15) is 0 Å². The molecule has 1 aliphatic carbocycles. The molecule has 0 saturated heterocycles. The summed E-state index contributed by atoms with van der Waals surface area (Å²) in [4.78, 5) is 1.42.